The van der Waals surface area contributed by atoms with Crippen molar-refractivity contribution in [2.45, 2.75) is 31.1 Å². The average Bonchev–Trinajstić information content (AvgIpc) is 2.37. The average molecular weight is 257 g/mol. The van der Waals surface area contributed by atoms with Gasteiger partial charge in [-0.2, -0.15) is 0 Å². The summed E-state index contributed by atoms with van der Waals surface area (Å²) in [6, 6.07) is 18.9. The van der Waals surface area contributed by atoms with E-state index in [1.807, 2.05) is 18.2 Å². The molecule has 0 saturated heterocycles. The molecular weight excluding hydrogens is 238 g/mol. The monoisotopic (exact) mass is 257 g/mol. The molecule has 2 rings (SSSR count). The Kier molecular flexibility index (Phi) is 3.97. The molecule has 0 fully saturated rings. The molecule has 0 radical (unpaired) electrons. The maximum Gasteiger partial charge on any atom is 0.0443 e. The lowest BCUT2D eigenvalue weighted by Gasteiger charge is -2.19. The van der Waals surface area contributed by atoms with E-state index in [0.29, 0.717) is 0 Å². The zero-order chi connectivity index (χ0) is 13.0. The minimum atomic E-state index is 0.198. The van der Waals surface area contributed by atoms with Crippen LogP contribution in [-0.2, 0) is 5.41 Å². The summed E-state index contributed by atoms with van der Waals surface area (Å²) in [6.45, 7) is 6.71. The molecule has 0 amide bonds. The molecule has 1 N–H and O–H groups in total. The maximum atomic E-state index is 3.36. The lowest BCUT2D eigenvalue weighted by atomic mass is 9.87. The molecule has 0 aliphatic rings. The molecule has 0 spiro atoms. The third kappa shape index (κ3) is 3.54. The van der Waals surface area contributed by atoms with Crippen molar-refractivity contribution in [3.05, 3.63) is 60.2 Å². The number of hydrogen-bond donors (Lipinski definition) is 1. The minimum Gasteiger partial charge on any atom is -0.326 e. The molecule has 0 heterocycles. The summed E-state index contributed by atoms with van der Waals surface area (Å²) in [7, 11) is 0. The molecule has 0 atom stereocenters. The van der Waals surface area contributed by atoms with Crippen molar-refractivity contribution in [1.29, 1.82) is 0 Å². The van der Waals surface area contributed by atoms with Gasteiger partial charge in [-0.15, -0.1) is 0 Å². The Bertz CT molecular complexity index is 500. The largest absolute Gasteiger partial charge is 0.326 e. The summed E-state index contributed by atoms with van der Waals surface area (Å²) in [5.74, 6) is 0. The predicted octanol–water partition coefficient (Wildman–Crippen LogP) is 5.10. The highest BCUT2D eigenvalue weighted by molar-refractivity contribution is 8.00. The van der Waals surface area contributed by atoms with Crippen LogP contribution < -0.4 is 4.72 Å². The summed E-state index contributed by atoms with van der Waals surface area (Å²) < 4.78 is 3.36. The smallest absolute Gasteiger partial charge is 0.0443 e. The molecule has 0 bridgehead atoms. The Balaban J connectivity index is 2.06. The fourth-order valence-electron chi connectivity index (χ4n) is 1.65. The number of hydrogen-bond acceptors (Lipinski definition) is 2. The molecule has 1 nitrogen and oxygen atoms in total. The van der Waals surface area contributed by atoms with Gasteiger partial charge in [0.25, 0.3) is 0 Å². The van der Waals surface area contributed by atoms with Gasteiger partial charge in [0, 0.05) is 10.6 Å². The molecule has 2 heteroatoms. The summed E-state index contributed by atoms with van der Waals surface area (Å²) in [5.41, 5.74) is 2.69. The van der Waals surface area contributed by atoms with E-state index in [0.717, 1.165) is 5.69 Å². The number of anilines is 1. The summed E-state index contributed by atoms with van der Waals surface area (Å²) in [5, 5.41) is 0. The van der Waals surface area contributed by atoms with Gasteiger partial charge in [0.1, 0.15) is 0 Å². The van der Waals surface area contributed by atoms with Crippen LogP contribution in [0.5, 0.6) is 0 Å². The standard InChI is InChI=1S/C16H19NS/c1-16(2,3)13-8-7-11-15(12-13)18-17-14-9-5-4-6-10-14/h4-12,17H,1-3H3. The molecule has 94 valence electrons. The van der Waals surface area contributed by atoms with E-state index in [9.17, 15) is 0 Å². The van der Waals surface area contributed by atoms with Gasteiger partial charge in [-0.1, -0.05) is 51.1 Å². The van der Waals surface area contributed by atoms with Crippen LogP contribution in [0.3, 0.4) is 0 Å². The van der Waals surface area contributed by atoms with Crippen LogP contribution in [0.25, 0.3) is 0 Å². The summed E-state index contributed by atoms with van der Waals surface area (Å²) >= 11 is 1.65. The van der Waals surface area contributed by atoms with E-state index in [1.165, 1.54) is 10.5 Å². The molecular formula is C16H19NS. The van der Waals surface area contributed by atoms with E-state index in [2.05, 4.69) is 61.9 Å². The third-order valence-corrected chi connectivity index (χ3v) is 3.59. The van der Waals surface area contributed by atoms with Crippen LogP contribution in [0.2, 0.25) is 0 Å². The van der Waals surface area contributed by atoms with E-state index >= 15 is 0 Å². The van der Waals surface area contributed by atoms with Crippen LogP contribution in [-0.4, -0.2) is 0 Å². The Morgan fingerprint density at radius 3 is 2.28 bits per heavy atom. The molecule has 2 aromatic carbocycles. The fraction of sp³-hybridized carbons (Fsp3) is 0.250. The second kappa shape index (κ2) is 5.49. The van der Waals surface area contributed by atoms with Crippen molar-refractivity contribution in [3.63, 3.8) is 0 Å². The van der Waals surface area contributed by atoms with Crippen LogP contribution >= 0.6 is 11.9 Å². The SMILES string of the molecule is CC(C)(C)c1cccc(SNc2ccccc2)c1. The number of nitrogens with one attached hydrogen (secondary N) is 1. The zero-order valence-electron chi connectivity index (χ0n) is 11.1. The van der Waals surface area contributed by atoms with Gasteiger partial charge in [0.2, 0.25) is 0 Å². The van der Waals surface area contributed by atoms with Crippen molar-refractivity contribution in [1.82, 2.24) is 0 Å². The number of para-hydroxylation sites is 1. The van der Waals surface area contributed by atoms with Crippen LogP contribution in [0.15, 0.2) is 59.5 Å². The maximum absolute atomic E-state index is 3.36. The second-order valence-electron chi connectivity index (χ2n) is 5.35. The first-order valence-electron chi connectivity index (χ1n) is 6.14. The quantitative estimate of drug-likeness (QED) is 0.767. The van der Waals surface area contributed by atoms with Crippen molar-refractivity contribution in [2.75, 3.05) is 4.72 Å². The predicted molar refractivity (Wildman–Crippen MR) is 81.1 cm³/mol. The van der Waals surface area contributed by atoms with Gasteiger partial charge < -0.3 is 4.72 Å². The van der Waals surface area contributed by atoms with E-state index < -0.39 is 0 Å². The van der Waals surface area contributed by atoms with Gasteiger partial charge >= 0.3 is 0 Å². The topological polar surface area (TPSA) is 12.0 Å². The third-order valence-electron chi connectivity index (χ3n) is 2.76. The summed E-state index contributed by atoms with van der Waals surface area (Å²) in [4.78, 5) is 1.24. The van der Waals surface area contributed by atoms with E-state index in [-0.39, 0.29) is 5.41 Å². The lowest BCUT2D eigenvalue weighted by molar-refractivity contribution is 0.588. The Hall–Kier alpha value is -1.41. The molecule has 0 aromatic heterocycles. The van der Waals surface area contributed by atoms with Gasteiger partial charge in [0.15, 0.2) is 0 Å². The Morgan fingerprint density at radius 1 is 0.889 bits per heavy atom. The second-order valence-corrected chi connectivity index (χ2v) is 6.23. The first-order chi connectivity index (χ1) is 8.55. The summed E-state index contributed by atoms with van der Waals surface area (Å²) in [6.07, 6.45) is 0. The van der Waals surface area contributed by atoms with E-state index in [4.69, 9.17) is 0 Å². The van der Waals surface area contributed by atoms with Crippen LogP contribution in [0, 0.1) is 0 Å². The Labute approximate surface area is 114 Å². The van der Waals surface area contributed by atoms with Crippen molar-refractivity contribution in [2.24, 2.45) is 0 Å². The van der Waals surface area contributed by atoms with E-state index in [1.54, 1.807) is 11.9 Å². The molecule has 0 unspecified atom stereocenters. The normalized spacial score (nSPS) is 11.3. The Morgan fingerprint density at radius 2 is 1.61 bits per heavy atom. The van der Waals surface area contributed by atoms with Crippen LogP contribution in [0.4, 0.5) is 5.69 Å². The van der Waals surface area contributed by atoms with Gasteiger partial charge in [-0.05, 0) is 47.2 Å². The molecule has 0 aliphatic heterocycles. The molecule has 0 saturated carbocycles. The van der Waals surface area contributed by atoms with Gasteiger partial charge in [0.05, 0.1) is 0 Å². The highest BCUT2D eigenvalue weighted by atomic mass is 32.2. The highest BCUT2D eigenvalue weighted by Gasteiger charge is 2.13. The zero-order valence-corrected chi connectivity index (χ0v) is 11.9. The number of rotatable bonds is 3. The lowest BCUT2D eigenvalue weighted by Crippen LogP contribution is -2.10. The van der Waals surface area contributed by atoms with Crippen molar-refractivity contribution in [3.8, 4) is 0 Å². The minimum absolute atomic E-state index is 0.198. The van der Waals surface area contributed by atoms with Crippen LogP contribution in [0.1, 0.15) is 26.3 Å². The van der Waals surface area contributed by atoms with Gasteiger partial charge in [-0.25, -0.2) is 0 Å². The first-order valence-corrected chi connectivity index (χ1v) is 6.96. The van der Waals surface area contributed by atoms with Gasteiger partial charge in [-0.3, -0.25) is 0 Å². The van der Waals surface area contributed by atoms with Crippen molar-refractivity contribution < 1.29 is 0 Å². The molecule has 0 aliphatic carbocycles. The first kappa shape index (κ1) is 13.0. The van der Waals surface area contributed by atoms with Crippen molar-refractivity contribution >= 4 is 17.6 Å². The molecule has 2 aromatic rings. The fourth-order valence-corrected chi connectivity index (χ4v) is 2.35. The molecule has 18 heavy (non-hydrogen) atoms. The number of benzene rings is 2. The highest BCUT2D eigenvalue weighted by Crippen LogP contribution is 2.27.